The van der Waals surface area contributed by atoms with Gasteiger partial charge in [0, 0.05) is 37.6 Å². The Labute approximate surface area is 179 Å². The maximum atomic E-state index is 14.2. The standard InChI is InChI=1S/C21H31FN4.HI/c1-3-13-26-14-9-17(10-15-26)25-20(23-4-2)24-16-21(11-12-21)18-7-5-6-8-19(18)22;/h3,5-8,17H,1,4,9-16H2,2H3,(H2,23,24,25);1H. The van der Waals surface area contributed by atoms with Crippen LogP contribution in [-0.2, 0) is 5.41 Å². The van der Waals surface area contributed by atoms with Crippen molar-refractivity contribution in [3.8, 4) is 0 Å². The summed E-state index contributed by atoms with van der Waals surface area (Å²) in [6, 6.07) is 7.58. The average Bonchev–Trinajstić information content (AvgIpc) is 3.43. The minimum Gasteiger partial charge on any atom is -0.357 e. The maximum Gasteiger partial charge on any atom is 0.191 e. The number of aliphatic imine (C=N–C) groups is 1. The Balaban J connectivity index is 0.00000261. The van der Waals surface area contributed by atoms with E-state index in [1.54, 1.807) is 12.1 Å². The van der Waals surface area contributed by atoms with Crippen molar-refractivity contribution in [3.63, 3.8) is 0 Å². The molecule has 0 atom stereocenters. The predicted molar refractivity (Wildman–Crippen MR) is 122 cm³/mol. The van der Waals surface area contributed by atoms with Crippen molar-refractivity contribution in [1.29, 1.82) is 0 Å². The zero-order valence-electron chi connectivity index (χ0n) is 16.2. The van der Waals surface area contributed by atoms with Gasteiger partial charge in [0.05, 0.1) is 6.54 Å². The summed E-state index contributed by atoms with van der Waals surface area (Å²) in [6.07, 6.45) is 6.21. The van der Waals surface area contributed by atoms with E-state index in [2.05, 4.69) is 29.0 Å². The van der Waals surface area contributed by atoms with Gasteiger partial charge in [0.2, 0.25) is 0 Å². The van der Waals surface area contributed by atoms with Gasteiger partial charge >= 0.3 is 0 Å². The summed E-state index contributed by atoms with van der Waals surface area (Å²) < 4.78 is 14.2. The lowest BCUT2D eigenvalue weighted by molar-refractivity contribution is 0.225. The lowest BCUT2D eigenvalue weighted by Crippen LogP contribution is -2.48. The van der Waals surface area contributed by atoms with Crippen LogP contribution in [0.25, 0.3) is 0 Å². The van der Waals surface area contributed by atoms with Crippen molar-refractivity contribution < 1.29 is 4.39 Å². The highest BCUT2D eigenvalue weighted by Gasteiger charge is 2.45. The van der Waals surface area contributed by atoms with Crippen molar-refractivity contribution in [3.05, 3.63) is 48.3 Å². The Morgan fingerprint density at radius 1 is 1.33 bits per heavy atom. The van der Waals surface area contributed by atoms with E-state index in [9.17, 15) is 4.39 Å². The third kappa shape index (κ3) is 5.91. The molecule has 1 aromatic carbocycles. The van der Waals surface area contributed by atoms with Crippen LogP contribution in [0.3, 0.4) is 0 Å². The number of benzene rings is 1. The Hall–Kier alpha value is -1.15. The summed E-state index contributed by atoms with van der Waals surface area (Å²) in [6.45, 7) is 10.5. The molecule has 0 spiro atoms. The topological polar surface area (TPSA) is 39.7 Å². The molecule has 1 saturated heterocycles. The number of halogens is 2. The molecule has 1 saturated carbocycles. The van der Waals surface area contributed by atoms with Crippen molar-refractivity contribution in [2.75, 3.05) is 32.7 Å². The van der Waals surface area contributed by atoms with Gasteiger partial charge in [-0.1, -0.05) is 24.3 Å². The number of hydrogen-bond donors (Lipinski definition) is 2. The van der Waals surface area contributed by atoms with Crippen LogP contribution >= 0.6 is 24.0 Å². The van der Waals surface area contributed by atoms with E-state index < -0.39 is 0 Å². The van der Waals surface area contributed by atoms with Gasteiger partial charge in [-0.25, -0.2) is 4.39 Å². The first-order chi connectivity index (χ1) is 12.7. The molecular formula is C21H32FIN4. The molecule has 2 aliphatic rings. The minimum atomic E-state index is -0.110. The average molecular weight is 486 g/mol. The van der Waals surface area contributed by atoms with Crippen LogP contribution in [0.5, 0.6) is 0 Å². The molecule has 0 unspecified atom stereocenters. The predicted octanol–water partition coefficient (Wildman–Crippen LogP) is 3.68. The van der Waals surface area contributed by atoms with Gasteiger partial charge in [-0.3, -0.25) is 9.89 Å². The molecule has 0 amide bonds. The molecule has 1 aliphatic carbocycles. The fourth-order valence-corrected chi connectivity index (χ4v) is 3.74. The highest BCUT2D eigenvalue weighted by atomic mass is 127. The third-order valence-corrected chi connectivity index (χ3v) is 5.50. The Bertz CT molecular complexity index is 637. The lowest BCUT2D eigenvalue weighted by Gasteiger charge is -2.32. The first-order valence-electron chi connectivity index (χ1n) is 9.80. The number of nitrogens with zero attached hydrogens (tertiary/aromatic N) is 2. The molecule has 0 aromatic heterocycles. The molecule has 4 nitrogen and oxygen atoms in total. The largest absolute Gasteiger partial charge is 0.357 e. The molecular weight excluding hydrogens is 454 g/mol. The van der Waals surface area contributed by atoms with E-state index in [1.165, 1.54) is 0 Å². The van der Waals surface area contributed by atoms with E-state index in [0.717, 1.165) is 63.4 Å². The van der Waals surface area contributed by atoms with Crippen molar-refractivity contribution >= 4 is 29.9 Å². The van der Waals surface area contributed by atoms with Gasteiger partial charge in [0.15, 0.2) is 5.96 Å². The smallest absolute Gasteiger partial charge is 0.191 e. The molecule has 2 fully saturated rings. The summed E-state index contributed by atoms with van der Waals surface area (Å²) in [7, 11) is 0. The van der Waals surface area contributed by atoms with Gasteiger partial charge in [0.1, 0.15) is 5.82 Å². The highest BCUT2D eigenvalue weighted by molar-refractivity contribution is 14.0. The fourth-order valence-electron chi connectivity index (χ4n) is 3.74. The Morgan fingerprint density at radius 2 is 2.04 bits per heavy atom. The number of nitrogens with one attached hydrogen (secondary N) is 2. The second-order valence-corrected chi connectivity index (χ2v) is 7.46. The molecule has 1 heterocycles. The van der Waals surface area contributed by atoms with Crippen molar-refractivity contribution in [1.82, 2.24) is 15.5 Å². The number of piperidine rings is 1. The lowest BCUT2D eigenvalue weighted by atomic mass is 9.95. The molecule has 6 heteroatoms. The molecule has 1 aliphatic heterocycles. The summed E-state index contributed by atoms with van der Waals surface area (Å²) in [5.74, 6) is 0.755. The second-order valence-electron chi connectivity index (χ2n) is 7.46. The van der Waals surface area contributed by atoms with Crippen LogP contribution in [0.4, 0.5) is 4.39 Å². The van der Waals surface area contributed by atoms with Gasteiger partial charge < -0.3 is 10.6 Å². The number of rotatable bonds is 7. The second kappa shape index (κ2) is 10.4. The summed E-state index contributed by atoms with van der Waals surface area (Å²) >= 11 is 0. The van der Waals surface area contributed by atoms with E-state index in [-0.39, 0.29) is 35.2 Å². The normalized spacial score (nSPS) is 19.9. The van der Waals surface area contributed by atoms with Crippen LogP contribution in [0, 0.1) is 5.82 Å². The van der Waals surface area contributed by atoms with E-state index >= 15 is 0 Å². The SMILES string of the molecule is C=CCN1CCC(NC(=NCC2(c3ccccc3F)CC2)NCC)CC1.I. The van der Waals surface area contributed by atoms with E-state index in [0.29, 0.717) is 12.6 Å². The quantitative estimate of drug-likeness (QED) is 0.268. The monoisotopic (exact) mass is 486 g/mol. The van der Waals surface area contributed by atoms with Crippen LogP contribution in [0.1, 0.15) is 38.2 Å². The summed E-state index contributed by atoms with van der Waals surface area (Å²) in [4.78, 5) is 7.24. The molecule has 0 bridgehead atoms. The van der Waals surface area contributed by atoms with Crippen LogP contribution in [-0.4, -0.2) is 49.6 Å². The van der Waals surface area contributed by atoms with Gasteiger partial charge in [-0.2, -0.15) is 0 Å². The molecule has 0 radical (unpaired) electrons. The van der Waals surface area contributed by atoms with Crippen LogP contribution in [0.2, 0.25) is 0 Å². The molecule has 3 rings (SSSR count). The van der Waals surface area contributed by atoms with E-state index in [1.807, 2.05) is 18.2 Å². The van der Waals surface area contributed by atoms with Crippen LogP contribution < -0.4 is 10.6 Å². The number of guanidine groups is 1. The number of likely N-dealkylation sites (tertiary alicyclic amines) is 1. The molecule has 150 valence electrons. The summed E-state index contributed by atoms with van der Waals surface area (Å²) in [5.41, 5.74) is 0.707. The van der Waals surface area contributed by atoms with E-state index in [4.69, 9.17) is 4.99 Å². The molecule has 1 aromatic rings. The van der Waals surface area contributed by atoms with Crippen molar-refractivity contribution in [2.24, 2.45) is 4.99 Å². The molecule has 27 heavy (non-hydrogen) atoms. The van der Waals surface area contributed by atoms with Gasteiger partial charge in [-0.15, -0.1) is 30.6 Å². The van der Waals surface area contributed by atoms with Gasteiger partial charge in [0.25, 0.3) is 0 Å². The van der Waals surface area contributed by atoms with Crippen LogP contribution in [0.15, 0.2) is 41.9 Å². The highest BCUT2D eigenvalue weighted by Crippen LogP contribution is 2.49. The third-order valence-electron chi connectivity index (χ3n) is 5.50. The number of hydrogen-bond acceptors (Lipinski definition) is 2. The Morgan fingerprint density at radius 3 is 2.63 bits per heavy atom. The zero-order valence-corrected chi connectivity index (χ0v) is 18.5. The zero-order chi connectivity index (χ0) is 18.4. The Kier molecular flexibility index (Phi) is 8.54. The first-order valence-corrected chi connectivity index (χ1v) is 9.80. The van der Waals surface area contributed by atoms with Gasteiger partial charge in [-0.05, 0) is 44.2 Å². The maximum absolute atomic E-state index is 14.2. The molecule has 2 N–H and O–H groups in total. The first kappa shape index (κ1) is 22.1. The van der Waals surface area contributed by atoms with Crippen molar-refractivity contribution in [2.45, 2.75) is 44.1 Å². The minimum absolute atomic E-state index is 0. The summed E-state index contributed by atoms with van der Waals surface area (Å²) in [5, 5.41) is 6.93. The fraction of sp³-hybridized carbons (Fsp3) is 0.571.